The SMILES string of the molecule is Clc1ccccc1C1(CCn2ccnc2)SCCS1. The molecule has 5 heteroatoms. The zero-order chi connectivity index (χ0) is 13.1. The summed E-state index contributed by atoms with van der Waals surface area (Å²) in [4.78, 5) is 4.10. The molecular weight excluding hydrogens is 296 g/mol. The second kappa shape index (κ2) is 5.81. The Hall–Kier alpha value is -0.580. The molecule has 3 rings (SSSR count). The van der Waals surface area contributed by atoms with Crippen molar-refractivity contribution in [2.45, 2.75) is 17.0 Å². The second-order valence-corrected chi connectivity index (χ2v) is 7.93. The van der Waals surface area contributed by atoms with Crippen molar-refractivity contribution in [2.75, 3.05) is 11.5 Å². The van der Waals surface area contributed by atoms with Crippen LogP contribution in [0, 0.1) is 0 Å². The molecule has 2 aromatic rings. The van der Waals surface area contributed by atoms with Crippen LogP contribution in [0.15, 0.2) is 43.0 Å². The van der Waals surface area contributed by atoms with Gasteiger partial charge in [0.1, 0.15) is 0 Å². The van der Waals surface area contributed by atoms with Gasteiger partial charge >= 0.3 is 0 Å². The highest BCUT2D eigenvalue weighted by atomic mass is 35.5. The Morgan fingerprint density at radius 1 is 1.26 bits per heavy atom. The molecule has 0 saturated carbocycles. The van der Waals surface area contributed by atoms with E-state index in [0.29, 0.717) is 0 Å². The van der Waals surface area contributed by atoms with Crippen LogP contribution in [0.25, 0.3) is 0 Å². The van der Waals surface area contributed by atoms with Crippen LogP contribution < -0.4 is 0 Å². The summed E-state index contributed by atoms with van der Waals surface area (Å²) in [6, 6.07) is 8.25. The van der Waals surface area contributed by atoms with Crippen LogP contribution in [0.4, 0.5) is 0 Å². The molecular formula is C14H15ClN2S2. The topological polar surface area (TPSA) is 17.8 Å². The van der Waals surface area contributed by atoms with Gasteiger partial charge < -0.3 is 4.57 Å². The molecule has 2 nitrogen and oxygen atoms in total. The third-order valence-corrected chi connectivity index (χ3v) is 7.19. The summed E-state index contributed by atoms with van der Waals surface area (Å²) in [5, 5.41) is 0.884. The Bertz CT molecular complexity index is 536. The fourth-order valence-electron chi connectivity index (χ4n) is 2.35. The van der Waals surface area contributed by atoms with Crippen LogP contribution in [-0.4, -0.2) is 21.1 Å². The fraction of sp³-hybridized carbons (Fsp3) is 0.357. The molecule has 2 heterocycles. The number of hydrogen-bond acceptors (Lipinski definition) is 3. The highest BCUT2D eigenvalue weighted by Gasteiger charge is 2.38. The fourth-order valence-corrected chi connectivity index (χ4v) is 6.06. The number of aromatic nitrogens is 2. The number of hydrogen-bond donors (Lipinski definition) is 0. The lowest BCUT2D eigenvalue weighted by atomic mass is 10.1. The van der Waals surface area contributed by atoms with E-state index in [2.05, 4.69) is 21.7 Å². The first-order valence-corrected chi connectivity index (χ1v) is 8.64. The summed E-state index contributed by atoms with van der Waals surface area (Å²) < 4.78 is 2.24. The molecule has 1 aromatic carbocycles. The molecule has 0 unspecified atom stereocenters. The van der Waals surface area contributed by atoms with Crippen LogP contribution in [0.3, 0.4) is 0 Å². The first kappa shape index (κ1) is 13.4. The van der Waals surface area contributed by atoms with E-state index in [1.165, 1.54) is 17.1 Å². The summed E-state index contributed by atoms with van der Waals surface area (Å²) in [7, 11) is 0. The summed E-state index contributed by atoms with van der Waals surface area (Å²) in [5.41, 5.74) is 1.27. The third-order valence-electron chi connectivity index (χ3n) is 3.30. The second-order valence-electron chi connectivity index (χ2n) is 4.48. The molecule has 0 aliphatic carbocycles. The molecule has 0 radical (unpaired) electrons. The number of benzene rings is 1. The molecule has 0 atom stereocenters. The van der Waals surface area contributed by atoms with Crippen molar-refractivity contribution in [1.82, 2.24) is 9.55 Å². The maximum Gasteiger partial charge on any atom is 0.0945 e. The van der Waals surface area contributed by atoms with Crippen LogP contribution in [0.1, 0.15) is 12.0 Å². The largest absolute Gasteiger partial charge is 0.337 e. The molecule has 1 saturated heterocycles. The van der Waals surface area contributed by atoms with Gasteiger partial charge in [0.2, 0.25) is 0 Å². The highest BCUT2D eigenvalue weighted by molar-refractivity contribution is 8.20. The Kier molecular flexibility index (Phi) is 4.10. The monoisotopic (exact) mass is 310 g/mol. The van der Waals surface area contributed by atoms with E-state index >= 15 is 0 Å². The number of rotatable bonds is 4. The highest BCUT2D eigenvalue weighted by Crippen LogP contribution is 2.55. The molecule has 0 amide bonds. The first-order chi connectivity index (χ1) is 9.30. The predicted octanol–water partition coefficient (Wildman–Crippen LogP) is 4.26. The average Bonchev–Trinajstić information content (AvgIpc) is 3.09. The van der Waals surface area contributed by atoms with E-state index in [1.54, 1.807) is 0 Å². The Labute approximate surface area is 126 Å². The Morgan fingerprint density at radius 2 is 2.05 bits per heavy atom. The zero-order valence-corrected chi connectivity index (χ0v) is 12.8. The quantitative estimate of drug-likeness (QED) is 0.840. The van der Waals surface area contributed by atoms with E-state index in [1.807, 2.05) is 54.4 Å². The number of aryl methyl sites for hydroxylation is 1. The lowest BCUT2D eigenvalue weighted by Crippen LogP contribution is -2.18. The lowest BCUT2D eigenvalue weighted by molar-refractivity contribution is 0.614. The molecule has 0 bridgehead atoms. The van der Waals surface area contributed by atoms with Crippen molar-refractivity contribution in [3.63, 3.8) is 0 Å². The van der Waals surface area contributed by atoms with Gasteiger partial charge in [0.05, 0.1) is 10.4 Å². The summed E-state index contributed by atoms with van der Waals surface area (Å²) in [6.45, 7) is 0.977. The molecule has 0 spiro atoms. The molecule has 0 N–H and O–H groups in total. The summed E-state index contributed by atoms with van der Waals surface area (Å²) in [6.07, 6.45) is 6.80. The maximum absolute atomic E-state index is 6.41. The van der Waals surface area contributed by atoms with Gasteiger partial charge in [-0.25, -0.2) is 4.98 Å². The van der Waals surface area contributed by atoms with Crippen LogP contribution in [0.5, 0.6) is 0 Å². The van der Waals surface area contributed by atoms with Crippen molar-refractivity contribution in [2.24, 2.45) is 0 Å². The molecule has 1 fully saturated rings. The average molecular weight is 311 g/mol. The van der Waals surface area contributed by atoms with Gasteiger partial charge in [-0.3, -0.25) is 0 Å². The van der Waals surface area contributed by atoms with Gasteiger partial charge in [-0.15, -0.1) is 23.5 Å². The van der Waals surface area contributed by atoms with Crippen molar-refractivity contribution >= 4 is 35.1 Å². The molecule has 19 heavy (non-hydrogen) atoms. The van der Waals surface area contributed by atoms with E-state index < -0.39 is 0 Å². The van der Waals surface area contributed by atoms with Gasteiger partial charge in [0.15, 0.2) is 0 Å². The number of halogens is 1. The molecule has 1 aliphatic rings. The molecule has 1 aliphatic heterocycles. The maximum atomic E-state index is 6.41. The van der Waals surface area contributed by atoms with Gasteiger partial charge in [-0.1, -0.05) is 29.8 Å². The number of imidazole rings is 1. The normalized spacial score (nSPS) is 17.7. The summed E-state index contributed by atoms with van der Waals surface area (Å²) in [5.74, 6) is 2.39. The smallest absolute Gasteiger partial charge is 0.0945 e. The van der Waals surface area contributed by atoms with Gasteiger partial charge in [-0.2, -0.15) is 0 Å². The Morgan fingerprint density at radius 3 is 2.74 bits per heavy atom. The zero-order valence-electron chi connectivity index (χ0n) is 10.5. The van der Waals surface area contributed by atoms with Crippen LogP contribution in [-0.2, 0) is 10.6 Å². The lowest BCUT2D eigenvalue weighted by Gasteiger charge is -2.29. The number of thioether (sulfide) groups is 2. The summed E-state index contributed by atoms with van der Waals surface area (Å²) >= 11 is 10.5. The van der Waals surface area contributed by atoms with Gasteiger partial charge in [-0.05, 0) is 18.1 Å². The third kappa shape index (κ3) is 2.81. The first-order valence-electron chi connectivity index (χ1n) is 6.29. The minimum absolute atomic E-state index is 0.0998. The van der Waals surface area contributed by atoms with Crippen molar-refractivity contribution < 1.29 is 0 Å². The minimum Gasteiger partial charge on any atom is -0.337 e. The van der Waals surface area contributed by atoms with Crippen LogP contribution >= 0.6 is 35.1 Å². The van der Waals surface area contributed by atoms with E-state index in [9.17, 15) is 0 Å². The predicted molar refractivity (Wildman–Crippen MR) is 84.9 cm³/mol. The Balaban J connectivity index is 1.85. The minimum atomic E-state index is 0.0998. The van der Waals surface area contributed by atoms with E-state index in [-0.39, 0.29) is 4.08 Å². The number of nitrogens with zero attached hydrogens (tertiary/aromatic N) is 2. The standard InChI is InChI=1S/C14H15ClN2S2/c15-13-4-2-1-3-12(13)14(18-9-10-19-14)5-7-17-8-6-16-11-17/h1-4,6,8,11H,5,7,9-10H2. The molecule has 100 valence electrons. The van der Waals surface area contributed by atoms with E-state index in [0.717, 1.165) is 18.0 Å². The van der Waals surface area contributed by atoms with Gasteiger partial charge in [0, 0.05) is 35.5 Å². The van der Waals surface area contributed by atoms with Crippen molar-refractivity contribution in [1.29, 1.82) is 0 Å². The van der Waals surface area contributed by atoms with Gasteiger partial charge in [0.25, 0.3) is 0 Å². The van der Waals surface area contributed by atoms with Crippen molar-refractivity contribution in [3.05, 3.63) is 53.6 Å². The van der Waals surface area contributed by atoms with E-state index in [4.69, 9.17) is 11.6 Å². The van der Waals surface area contributed by atoms with Crippen LogP contribution in [0.2, 0.25) is 5.02 Å². The van der Waals surface area contributed by atoms with Crippen molar-refractivity contribution in [3.8, 4) is 0 Å². The molecule has 1 aromatic heterocycles.